The smallest absolute Gasteiger partial charge is 0.348 e. The average Bonchev–Trinajstić information content (AvgIpc) is 2.95. The van der Waals surface area contributed by atoms with Gasteiger partial charge in [-0.3, -0.25) is 10.1 Å². The molecule has 0 saturated heterocycles. The van der Waals surface area contributed by atoms with Gasteiger partial charge < -0.3 is 14.8 Å². The molecule has 1 heterocycles. The number of fused-ring (bicyclic) bond motifs is 1. The molecule has 1 aromatic rings. The van der Waals surface area contributed by atoms with Crippen LogP contribution in [0.25, 0.3) is 0 Å². The number of aryl methyl sites for hydroxylation is 2. The fourth-order valence-electron chi connectivity index (χ4n) is 2.62. The first-order chi connectivity index (χ1) is 12.1. The first-order valence-electron chi connectivity index (χ1n) is 8.45. The number of urea groups is 1. The Hall–Kier alpha value is -1.93. The largest absolute Gasteiger partial charge is 0.451 e. The standard InChI is InChI=1S/C17H24N2O5S/c1-23-9-8-18-17(22)19-15(20)11-24-16(21)14-10-12-6-4-2-3-5-7-13(12)25-14/h10H,2-9,11H2,1H3,(H2,18,19,20,22). The second kappa shape index (κ2) is 10.1. The van der Waals surface area contributed by atoms with Crippen molar-refractivity contribution >= 4 is 29.2 Å². The van der Waals surface area contributed by atoms with E-state index >= 15 is 0 Å². The number of ether oxygens (including phenoxy) is 2. The molecule has 0 radical (unpaired) electrons. The number of carbonyl (C=O) groups is 3. The van der Waals surface area contributed by atoms with E-state index in [1.165, 1.54) is 41.7 Å². The summed E-state index contributed by atoms with van der Waals surface area (Å²) in [5.41, 5.74) is 1.22. The van der Waals surface area contributed by atoms with Crippen LogP contribution in [-0.2, 0) is 27.1 Å². The van der Waals surface area contributed by atoms with Crippen LogP contribution in [-0.4, -0.2) is 44.8 Å². The van der Waals surface area contributed by atoms with Crippen LogP contribution < -0.4 is 10.6 Å². The Kier molecular flexibility index (Phi) is 7.87. The molecule has 3 amide bonds. The topological polar surface area (TPSA) is 93.7 Å². The van der Waals surface area contributed by atoms with Gasteiger partial charge >= 0.3 is 12.0 Å². The van der Waals surface area contributed by atoms with Crippen LogP contribution in [0, 0.1) is 0 Å². The molecule has 2 rings (SSSR count). The molecule has 0 aliphatic heterocycles. The molecule has 0 spiro atoms. The van der Waals surface area contributed by atoms with Gasteiger partial charge in [-0.2, -0.15) is 0 Å². The number of carbonyl (C=O) groups excluding carboxylic acids is 3. The second-order valence-corrected chi connectivity index (χ2v) is 6.98. The van der Waals surface area contributed by atoms with Gasteiger partial charge in [0, 0.05) is 18.5 Å². The zero-order valence-electron chi connectivity index (χ0n) is 14.4. The van der Waals surface area contributed by atoms with Crippen molar-refractivity contribution in [2.45, 2.75) is 38.5 Å². The highest BCUT2D eigenvalue weighted by Crippen LogP contribution is 2.28. The lowest BCUT2D eigenvalue weighted by Gasteiger charge is -2.07. The number of hydrogen-bond acceptors (Lipinski definition) is 6. The number of esters is 1. The Bertz CT molecular complexity index is 589. The monoisotopic (exact) mass is 368 g/mol. The molecular weight excluding hydrogens is 344 g/mol. The van der Waals surface area contributed by atoms with Crippen LogP contribution >= 0.6 is 11.3 Å². The third-order valence-corrected chi connectivity index (χ3v) is 5.09. The number of nitrogens with one attached hydrogen (secondary N) is 2. The van der Waals surface area contributed by atoms with Crippen molar-refractivity contribution in [2.75, 3.05) is 26.9 Å². The summed E-state index contributed by atoms with van der Waals surface area (Å²) in [6.45, 7) is 0.148. The summed E-state index contributed by atoms with van der Waals surface area (Å²) in [6.07, 6.45) is 6.71. The van der Waals surface area contributed by atoms with Crippen molar-refractivity contribution in [2.24, 2.45) is 0 Å². The van der Waals surface area contributed by atoms with E-state index in [9.17, 15) is 14.4 Å². The van der Waals surface area contributed by atoms with Crippen molar-refractivity contribution in [1.82, 2.24) is 10.6 Å². The summed E-state index contributed by atoms with van der Waals surface area (Å²) < 4.78 is 9.79. The number of amides is 3. The van der Waals surface area contributed by atoms with Crippen LogP contribution in [0.15, 0.2) is 6.07 Å². The lowest BCUT2D eigenvalue weighted by Crippen LogP contribution is -2.42. The van der Waals surface area contributed by atoms with Crippen LogP contribution in [0.5, 0.6) is 0 Å². The first kappa shape index (κ1) is 19.4. The maximum atomic E-state index is 12.1. The molecule has 0 saturated carbocycles. The highest BCUT2D eigenvalue weighted by atomic mass is 32.1. The number of rotatable bonds is 6. The molecule has 0 atom stereocenters. The minimum absolute atomic E-state index is 0.288. The Labute approximate surface area is 151 Å². The van der Waals surface area contributed by atoms with Gasteiger partial charge in [0.15, 0.2) is 6.61 Å². The summed E-state index contributed by atoms with van der Waals surface area (Å²) in [5, 5.41) is 4.54. The SMILES string of the molecule is COCCNC(=O)NC(=O)COC(=O)c1cc2c(s1)CCCCCC2. The third-order valence-electron chi connectivity index (χ3n) is 3.88. The summed E-state index contributed by atoms with van der Waals surface area (Å²) in [6, 6.07) is 1.24. The zero-order valence-corrected chi connectivity index (χ0v) is 15.2. The Morgan fingerprint density at radius 2 is 1.92 bits per heavy atom. The van der Waals surface area contributed by atoms with E-state index in [1.807, 2.05) is 6.07 Å². The van der Waals surface area contributed by atoms with E-state index in [0.29, 0.717) is 11.5 Å². The van der Waals surface area contributed by atoms with Crippen LogP contribution in [0.2, 0.25) is 0 Å². The molecule has 2 N–H and O–H groups in total. The predicted octanol–water partition coefficient (Wildman–Crippen LogP) is 2.04. The summed E-state index contributed by atoms with van der Waals surface area (Å²) in [7, 11) is 1.51. The van der Waals surface area contributed by atoms with Gasteiger partial charge in [0.25, 0.3) is 5.91 Å². The number of imide groups is 1. The van der Waals surface area contributed by atoms with Crippen LogP contribution in [0.4, 0.5) is 4.79 Å². The van der Waals surface area contributed by atoms with Crippen molar-refractivity contribution in [3.63, 3.8) is 0 Å². The maximum Gasteiger partial charge on any atom is 0.348 e. The van der Waals surface area contributed by atoms with E-state index in [2.05, 4.69) is 10.6 Å². The fourth-order valence-corrected chi connectivity index (χ4v) is 3.77. The minimum Gasteiger partial charge on any atom is -0.451 e. The maximum absolute atomic E-state index is 12.1. The summed E-state index contributed by atoms with van der Waals surface area (Å²) >= 11 is 1.45. The lowest BCUT2D eigenvalue weighted by atomic mass is 10.00. The normalized spacial score (nSPS) is 14.0. The Balaban J connectivity index is 1.79. The summed E-state index contributed by atoms with van der Waals surface area (Å²) in [4.78, 5) is 36.9. The van der Waals surface area contributed by atoms with Gasteiger partial charge in [-0.15, -0.1) is 11.3 Å². The third kappa shape index (κ3) is 6.47. The average molecular weight is 368 g/mol. The van der Waals surface area contributed by atoms with Crippen molar-refractivity contribution in [1.29, 1.82) is 0 Å². The molecule has 1 aliphatic rings. The van der Waals surface area contributed by atoms with Gasteiger partial charge in [0.05, 0.1) is 6.61 Å². The lowest BCUT2D eigenvalue weighted by molar-refractivity contribution is -0.123. The van der Waals surface area contributed by atoms with Gasteiger partial charge in [0.1, 0.15) is 4.88 Å². The Morgan fingerprint density at radius 1 is 1.16 bits per heavy atom. The highest BCUT2D eigenvalue weighted by Gasteiger charge is 2.18. The number of hydrogen-bond donors (Lipinski definition) is 2. The molecule has 1 aromatic heterocycles. The molecular formula is C17H24N2O5S. The van der Waals surface area contributed by atoms with Gasteiger partial charge in [-0.25, -0.2) is 9.59 Å². The van der Waals surface area contributed by atoms with E-state index in [4.69, 9.17) is 9.47 Å². The van der Waals surface area contributed by atoms with Gasteiger partial charge in [-0.05, 0) is 37.3 Å². The van der Waals surface area contributed by atoms with E-state index in [1.54, 1.807) is 0 Å². The van der Waals surface area contributed by atoms with Crippen LogP contribution in [0.3, 0.4) is 0 Å². The molecule has 1 aliphatic carbocycles. The molecule has 7 nitrogen and oxygen atoms in total. The van der Waals surface area contributed by atoms with Crippen molar-refractivity contribution in [3.05, 3.63) is 21.4 Å². The Morgan fingerprint density at radius 3 is 2.68 bits per heavy atom. The molecule has 8 heteroatoms. The predicted molar refractivity (Wildman–Crippen MR) is 93.9 cm³/mol. The zero-order chi connectivity index (χ0) is 18.1. The quantitative estimate of drug-likeness (QED) is 0.592. The molecule has 25 heavy (non-hydrogen) atoms. The molecule has 0 fully saturated rings. The molecule has 0 aromatic carbocycles. The van der Waals surface area contributed by atoms with E-state index in [0.717, 1.165) is 25.7 Å². The van der Waals surface area contributed by atoms with Gasteiger partial charge in [-0.1, -0.05) is 12.8 Å². The van der Waals surface area contributed by atoms with E-state index < -0.39 is 24.5 Å². The van der Waals surface area contributed by atoms with Crippen molar-refractivity contribution < 1.29 is 23.9 Å². The summed E-state index contributed by atoms with van der Waals surface area (Å²) in [5.74, 6) is -1.19. The first-order valence-corrected chi connectivity index (χ1v) is 9.27. The number of methoxy groups -OCH3 is 1. The molecule has 0 unspecified atom stereocenters. The number of thiophene rings is 1. The van der Waals surface area contributed by atoms with Crippen molar-refractivity contribution in [3.8, 4) is 0 Å². The molecule has 138 valence electrons. The highest BCUT2D eigenvalue weighted by molar-refractivity contribution is 7.14. The van der Waals surface area contributed by atoms with E-state index in [-0.39, 0.29) is 6.54 Å². The minimum atomic E-state index is -0.668. The fraction of sp³-hybridized carbons (Fsp3) is 0.588. The van der Waals surface area contributed by atoms with Crippen LogP contribution in [0.1, 0.15) is 45.8 Å². The second-order valence-electron chi connectivity index (χ2n) is 5.85. The molecule has 0 bridgehead atoms. The van der Waals surface area contributed by atoms with Gasteiger partial charge in [0.2, 0.25) is 0 Å².